The third-order valence-corrected chi connectivity index (χ3v) is 3.28. The minimum atomic E-state index is -0.470. The first-order valence-electron chi connectivity index (χ1n) is 7.74. The molecule has 0 fully saturated rings. The molecule has 1 amide bonds. The van der Waals surface area contributed by atoms with E-state index in [0.29, 0.717) is 24.3 Å². The van der Waals surface area contributed by atoms with Crippen molar-refractivity contribution in [2.24, 2.45) is 0 Å². The third kappa shape index (κ3) is 5.93. The molecule has 0 bridgehead atoms. The Labute approximate surface area is 147 Å². The first-order chi connectivity index (χ1) is 12.2. The van der Waals surface area contributed by atoms with E-state index in [1.807, 2.05) is 30.3 Å². The van der Waals surface area contributed by atoms with Gasteiger partial charge in [0.15, 0.2) is 0 Å². The highest BCUT2D eigenvalue weighted by atomic mass is 16.5. The molecule has 0 heterocycles. The van der Waals surface area contributed by atoms with E-state index in [2.05, 4.69) is 23.2 Å². The van der Waals surface area contributed by atoms with E-state index in [1.165, 1.54) is 7.11 Å². The molecule has 2 aromatic rings. The summed E-state index contributed by atoms with van der Waals surface area (Å²) in [6, 6.07) is 16.7. The Hall–Kier alpha value is -3.44. The number of methoxy groups -OCH3 is 1. The van der Waals surface area contributed by atoms with Gasteiger partial charge in [0.25, 0.3) is 0 Å². The highest BCUT2D eigenvalue weighted by Crippen LogP contribution is 2.18. The molecule has 0 aliphatic rings. The fourth-order valence-electron chi connectivity index (χ4n) is 2.04. The number of ether oxygens (including phenoxy) is 2. The molecule has 0 saturated carbocycles. The Bertz CT molecular complexity index is 814. The van der Waals surface area contributed by atoms with Gasteiger partial charge in [0, 0.05) is 18.5 Å². The minimum Gasteiger partial charge on any atom is -0.495 e. The number of hydrogen-bond donors (Lipinski definition) is 1. The molecule has 0 atom stereocenters. The second-order valence-corrected chi connectivity index (χ2v) is 5.07. The Kier molecular flexibility index (Phi) is 6.91. The Balaban J connectivity index is 1.73. The van der Waals surface area contributed by atoms with Gasteiger partial charge in [0.1, 0.15) is 18.4 Å². The van der Waals surface area contributed by atoms with Crippen molar-refractivity contribution in [2.75, 3.05) is 13.7 Å². The number of hydrogen-bond acceptors (Lipinski definition) is 4. The molecular formula is C20H18N2O3. The number of alkyl carbamates (subject to hydrolysis) is 1. The molecule has 25 heavy (non-hydrogen) atoms. The van der Waals surface area contributed by atoms with Crippen LogP contribution in [0.2, 0.25) is 0 Å². The van der Waals surface area contributed by atoms with Crippen molar-refractivity contribution in [1.29, 1.82) is 5.26 Å². The standard InChI is InChI=1S/C20H18N2O3/c1-24-19-11-10-16(13-18(19)14-21)7-5-6-12-22-20(23)25-15-17-8-3-2-4-9-17/h2-4,8-11,13H,6,12,15H2,1H3,(H,22,23). The molecule has 126 valence electrons. The molecule has 0 radical (unpaired) electrons. The summed E-state index contributed by atoms with van der Waals surface area (Å²) in [5.74, 6) is 6.43. The average molecular weight is 334 g/mol. The molecule has 0 unspecified atom stereocenters. The topological polar surface area (TPSA) is 71.3 Å². The van der Waals surface area contributed by atoms with Crippen LogP contribution in [-0.2, 0) is 11.3 Å². The molecule has 2 rings (SSSR count). The number of benzene rings is 2. The van der Waals surface area contributed by atoms with E-state index in [-0.39, 0.29) is 6.61 Å². The Morgan fingerprint density at radius 2 is 2.00 bits per heavy atom. The molecule has 2 aromatic carbocycles. The van der Waals surface area contributed by atoms with Crippen LogP contribution in [0.1, 0.15) is 23.1 Å². The number of nitriles is 1. The largest absolute Gasteiger partial charge is 0.495 e. The summed E-state index contributed by atoms with van der Waals surface area (Å²) in [7, 11) is 1.52. The van der Waals surface area contributed by atoms with Gasteiger partial charge >= 0.3 is 6.09 Å². The van der Waals surface area contributed by atoms with E-state index < -0.39 is 6.09 Å². The van der Waals surface area contributed by atoms with Gasteiger partial charge in [-0.3, -0.25) is 0 Å². The van der Waals surface area contributed by atoms with Crippen LogP contribution in [-0.4, -0.2) is 19.7 Å². The van der Waals surface area contributed by atoms with Crippen LogP contribution in [0.25, 0.3) is 0 Å². The maximum atomic E-state index is 11.6. The van der Waals surface area contributed by atoms with Crippen molar-refractivity contribution in [2.45, 2.75) is 13.0 Å². The quantitative estimate of drug-likeness (QED) is 0.673. The third-order valence-electron chi connectivity index (χ3n) is 3.28. The molecule has 0 saturated heterocycles. The zero-order valence-corrected chi connectivity index (χ0v) is 13.9. The van der Waals surface area contributed by atoms with Crippen LogP contribution in [0.3, 0.4) is 0 Å². The first kappa shape index (κ1) is 17.9. The van der Waals surface area contributed by atoms with Gasteiger partial charge in [-0.15, -0.1) is 0 Å². The van der Waals surface area contributed by atoms with Crippen molar-refractivity contribution >= 4 is 6.09 Å². The van der Waals surface area contributed by atoms with Gasteiger partial charge in [-0.1, -0.05) is 42.2 Å². The van der Waals surface area contributed by atoms with Crippen LogP contribution in [0.15, 0.2) is 48.5 Å². The van der Waals surface area contributed by atoms with Crippen molar-refractivity contribution in [3.05, 3.63) is 65.2 Å². The SMILES string of the molecule is COc1ccc(C#CCCNC(=O)OCc2ccccc2)cc1C#N. The lowest BCUT2D eigenvalue weighted by atomic mass is 10.1. The highest BCUT2D eigenvalue weighted by Gasteiger charge is 2.02. The van der Waals surface area contributed by atoms with Crippen LogP contribution in [0.4, 0.5) is 4.79 Å². The number of nitrogens with zero attached hydrogens (tertiary/aromatic N) is 1. The average Bonchev–Trinajstić information content (AvgIpc) is 2.66. The maximum absolute atomic E-state index is 11.6. The summed E-state index contributed by atoms with van der Waals surface area (Å²) in [5.41, 5.74) is 2.10. The fraction of sp³-hybridized carbons (Fsp3) is 0.200. The van der Waals surface area contributed by atoms with Gasteiger partial charge in [-0.25, -0.2) is 4.79 Å². The van der Waals surface area contributed by atoms with Crippen LogP contribution >= 0.6 is 0 Å². The molecule has 1 N–H and O–H groups in total. The lowest BCUT2D eigenvalue weighted by molar-refractivity contribution is 0.140. The predicted molar refractivity (Wildman–Crippen MR) is 93.8 cm³/mol. The van der Waals surface area contributed by atoms with E-state index >= 15 is 0 Å². The first-order valence-corrected chi connectivity index (χ1v) is 7.74. The molecular weight excluding hydrogens is 316 g/mol. The zero-order chi connectivity index (χ0) is 17.9. The summed E-state index contributed by atoms with van der Waals surface area (Å²) >= 11 is 0. The van der Waals surface area contributed by atoms with Gasteiger partial charge in [0.2, 0.25) is 0 Å². The van der Waals surface area contributed by atoms with Gasteiger partial charge in [-0.05, 0) is 23.8 Å². The molecule has 0 spiro atoms. The van der Waals surface area contributed by atoms with Crippen molar-refractivity contribution in [3.63, 3.8) is 0 Å². The van der Waals surface area contributed by atoms with E-state index in [4.69, 9.17) is 14.7 Å². The second-order valence-electron chi connectivity index (χ2n) is 5.07. The molecule has 5 heteroatoms. The van der Waals surface area contributed by atoms with Crippen molar-refractivity contribution in [1.82, 2.24) is 5.32 Å². The lowest BCUT2D eigenvalue weighted by Crippen LogP contribution is -2.24. The van der Waals surface area contributed by atoms with E-state index in [1.54, 1.807) is 18.2 Å². The Morgan fingerprint density at radius 3 is 2.72 bits per heavy atom. The minimum absolute atomic E-state index is 0.237. The van der Waals surface area contributed by atoms with Gasteiger partial charge < -0.3 is 14.8 Å². The van der Waals surface area contributed by atoms with Crippen molar-refractivity contribution < 1.29 is 14.3 Å². The number of nitrogens with one attached hydrogen (secondary N) is 1. The number of carbonyl (C=O) groups is 1. The summed E-state index contributed by atoms with van der Waals surface area (Å²) < 4.78 is 10.2. The van der Waals surface area contributed by atoms with Gasteiger partial charge in [-0.2, -0.15) is 5.26 Å². The molecule has 0 aromatic heterocycles. The predicted octanol–water partition coefficient (Wildman–Crippen LogP) is 3.23. The summed E-state index contributed by atoms with van der Waals surface area (Å²) in [6.07, 6.45) is 0.0100. The summed E-state index contributed by atoms with van der Waals surface area (Å²) in [4.78, 5) is 11.6. The fourth-order valence-corrected chi connectivity index (χ4v) is 2.04. The normalized spacial score (nSPS) is 9.28. The van der Waals surface area contributed by atoms with E-state index in [9.17, 15) is 4.79 Å². The molecule has 5 nitrogen and oxygen atoms in total. The summed E-state index contributed by atoms with van der Waals surface area (Å²) in [6.45, 7) is 0.628. The number of amides is 1. The van der Waals surface area contributed by atoms with E-state index in [0.717, 1.165) is 11.1 Å². The van der Waals surface area contributed by atoms with Crippen molar-refractivity contribution in [3.8, 4) is 23.7 Å². The number of carbonyl (C=O) groups excluding carboxylic acids is 1. The zero-order valence-electron chi connectivity index (χ0n) is 13.9. The van der Waals surface area contributed by atoms with Gasteiger partial charge in [0.05, 0.1) is 12.7 Å². The highest BCUT2D eigenvalue weighted by molar-refractivity contribution is 5.67. The monoisotopic (exact) mass is 334 g/mol. The lowest BCUT2D eigenvalue weighted by Gasteiger charge is -2.05. The summed E-state index contributed by atoms with van der Waals surface area (Å²) in [5, 5.41) is 11.7. The van der Waals surface area contributed by atoms with Crippen LogP contribution in [0.5, 0.6) is 5.75 Å². The second kappa shape index (κ2) is 9.64. The Morgan fingerprint density at radius 1 is 1.20 bits per heavy atom. The van der Waals surface area contributed by atoms with Crippen LogP contribution in [0, 0.1) is 23.2 Å². The van der Waals surface area contributed by atoms with Crippen LogP contribution < -0.4 is 10.1 Å². The maximum Gasteiger partial charge on any atom is 0.407 e. The molecule has 0 aliphatic heterocycles. The molecule has 0 aliphatic carbocycles. The smallest absolute Gasteiger partial charge is 0.407 e. The number of rotatable bonds is 5.